The Hall–Kier alpha value is -1.64. The maximum atomic E-state index is 12.5. The highest BCUT2D eigenvalue weighted by atomic mass is 32.2. The van der Waals surface area contributed by atoms with Crippen molar-refractivity contribution in [2.24, 2.45) is 0 Å². The monoisotopic (exact) mass is 340 g/mol. The first-order valence-corrected chi connectivity index (χ1v) is 9.27. The van der Waals surface area contributed by atoms with Gasteiger partial charge in [-0.05, 0) is 30.0 Å². The lowest BCUT2D eigenvalue weighted by atomic mass is 10.3. The minimum Gasteiger partial charge on any atom is -0.459 e. The van der Waals surface area contributed by atoms with E-state index < -0.39 is 10.0 Å². The molecule has 0 aromatic carbocycles. The summed E-state index contributed by atoms with van der Waals surface area (Å²) in [6, 6.07) is 6.62. The summed E-state index contributed by atoms with van der Waals surface area (Å²) in [5, 5.41) is 1.75. The van der Waals surface area contributed by atoms with Gasteiger partial charge < -0.3 is 9.32 Å². The Labute approximate surface area is 133 Å². The van der Waals surface area contributed by atoms with Crippen molar-refractivity contribution in [3.63, 3.8) is 0 Å². The normalized spacial score (nSPS) is 17.4. The Morgan fingerprint density at radius 2 is 2.00 bits per heavy atom. The fraction of sp³-hybridized carbons (Fsp3) is 0.357. The van der Waals surface area contributed by atoms with Gasteiger partial charge in [0.2, 0.25) is 0 Å². The standard InChI is InChI=1S/C14H16N2O4S2/c17-14(12-4-1-10-20-12)15-6-3-7-16(9-8-15)22(18,19)13-5-2-11-21-13/h1-2,4-5,10-11H,3,6-9H2. The molecule has 2 aromatic heterocycles. The molecular weight excluding hydrogens is 324 g/mol. The van der Waals surface area contributed by atoms with Gasteiger partial charge >= 0.3 is 0 Å². The first-order chi connectivity index (χ1) is 10.6. The van der Waals surface area contributed by atoms with Crippen LogP contribution in [-0.4, -0.2) is 49.7 Å². The van der Waals surface area contributed by atoms with Crippen LogP contribution < -0.4 is 0 Å². The smallest absolute Gasteiger partial charge is 0.289 e. The van der Waals surface area contributed by atoms with Crippen LogP contribution in [0.3, 0.4) is 0 Å². The molecule has 1 amide bonds. The van der Waals surface area contributed by atoms with E-state index in [1.54, 1.807) is 34.5 Å². The number of hydrogen-bond acceptors (Lipinski definition) is 5. The van der Waals surface area contributed by atoms with Gasteiger partial charge in [0.25, 0.3) is 15.9 Å². The third-order valence-corrected chi connectivity index (χ3v) is 6.83. The molecule has 1 aliphatic rings. The lowest BCUT2D eigenvalue weighted by Gasteiger charge is -2.20. The molecule has 0 radical (unpaired) electrons. The van der Waals surface area contributed by atoms with Crippen LogP contribution >= 0.6 is 11.3 Å². The zero-order valence-electron chi connectivity index (χ0n) is 11.8. The van der Waals surface area contributed by atoms with Crippen molar-refractivity contribution in [3.05, 3.63) is 41.7 Å². The molecule has 3 rings (SSSR count). The zero-order chi connectivity index (χ0) is 15.6. The van der Waals surface area contributed by atoms with Crippen molar-refractivity contribution in [1.29, 1.82) is 0 Å². The van der Waals surface area contributed by atoms with Crippen LogP contribution in [0.2, 0.25) is 0 Å². The molecule has 1 aliphatic heterocycles. The summed E-state index contributed by atoms with van der Waals surface area (Å²) in [7, 11) is -3.45. The van der Waals surface area contributed by atoms with Crippen LogP contribution in [-0.2, 0) is 10.0 Å². The lowest BCUT2D eigenvalue weighted by Crippen LogP contribution is -2.37. The first kappa shape index (κ1) is 15.3. The van der Waals surface area contributed by atoms with Crippen LogP contribution in [0.1, 0.15) is 17.0 Å². The van der Waals surface area contributed by atoms with E-state index in [1.165, 1.54) is 21.9 Å². The van der Waals surface area contributed by atoms with E-state index in [9.17, 15) is 13.2 Å². The van der Waals surface area contributed by atoms with Gasteiger partial charge in [-0.2, -0.15) is 4.31 Å². The number of thiophene rings is 1. The Kier molecular flexibility index (Phi) is 4.32. The fourth-order valence-electron chi connectivity index (χ4n) is 2.43. The minimum atomic E-state index is -3.45. The van der Waals surface area contributed by atoms with Crippen LogP contribution in [0.4, 0.5) is 0 Å². The molecule has 2 aromatic rings. The van der Waals surface area contributed by atoms with E-state index in [0.29, 0.717) is 36.8 Å². The van der Waals surface area contributed by atoms with Crippen molar-refractivity contribution in [1.82, 2.24) is 9.21 Å². The molecule has 1 saturated heterocycles. The Bertz CT molecular complexity index is 723. The van der Waals surface area contributed by atoms with Gasteiger partial charge in [-0.3, -0.25) is 4.79 Å². The molecule has 118 valence electrons. The van der Waals surface area contributed by atoms with Gasteiger partial charge in [0.1, 0.15) is 4.21 Å². The topological polar surface area (TPSA) is 70.8 Å². The molecule has 3 heterocycles. The summed E-state index contributed by atoms with van der Waals surface area (Å²) in [6.07, 6.45) is 2.07. The molecule has 0 N–H and O–H groups in total. The zero-order valence-corrected chi connectivity index (χ0v) is 13.5. The highest BCUT2D eigenvalue weighted by molar-refractivity contribution is 7.91. The minimum absolute atomic E-state index is 0.194. The molecule has 0 unspecified atom stereocenters. The number of sulfonamides is 1. The quantitative estimate of drug-likeness (QED) is 0.855. The fourth-order valence-corrected chi connectivity index (χ4v) is 5.04. The van der Waals surface area contributed by atoms with Crippen LogP contribution in [0.5, 0.6) is 0 Å². The highest BCUT2D eigenvalue weighted by Crippen LogP contribution is 2.22. The third-order valence-electron chi connectivity index (χ3n) is 3.56. The van der Waals surface area contributed by atoms with Crippen molar-refractivity contribution in [2.45, 2.75) is 10.6 Å². The number of hydrogen-bond donors (Lipinski definition) is 0. The van der Waals surface area contributed by atoms with Crippen LogP contribution in [0, 0.1) is 0 Å². The summed E-state index contributed by atoms with van der Waals surface area (Å²) in [6.45, 7) is 1.61. The van der Waals surface area contributed by atoms with Gasteiger partial charge in [-0.15, -0.1) is 11.3 Å². The molecule has 0 aliphatic carbocycles. The summed E-state index contributed by atoms with van der Waals surface area (Å²) in [5.41, 5.74) is 0. The van der Waals surface area contributed by atoms with Crippen LogP contribution in [0.15, 0.2) is 44.5 Å². The van der Waals surface area contributed by atoms with E-state index >= 15 is 0 Å². The van der Waals surface area contributed by atoms with E-state index in [2.05, 4.69) is 0 Å². The highest BCUT2D eigenvalue weighted by Gasteiger charge is 2.29. The van der Waals surface area contributed by atoms with Gasteiger partial charge in [0.05, 0.1) is 6.26 Å². The second-order valence-electron chi connectivity index (χ2n) is 4.96. The van der Waals surface area contributed by atoms with Gasteiger partial charge in [0.15, 0.2) is 5.76 Å². The Morgan fingerprint density at radius 3 is 2.68 bits per heavy atom. The summed E-state index contributed by atoms with van der Waals surface area (Å²) in [4.78, 5) is 13.9. The molecule has 6 nitrogen and oxygen atoms in total. The molecule has 8 heteroatoms. The van der Waals surface area contributed by atoms with E-state index in [1.807, 2.05) is 0 Å². The summed E-state index contributed by atoms with van der Waals surface area (Å²) >= 11 is 1.21. The number of carbonyl (C=O) groups is 1. The number of carbonyl (C=O) groups excluding carboxylic acids is 1. The van der Waals surface area contributed by atoms with E-state index in [4.69, 9.17) is 4.42 Å². The maximum absolute atomic E-state index is 12.5. The molecule has 0 atom stereocenters. The van der Waals surface area contributed by atoms with Gasteiger partial charge in [-0.1, -0.05) is 6.07 Å². The number of rotatable bonds is 3. The van der Waals surface area contributed by atoms with Crippen molar-refractivity contribution >= 4 is 27.3 Å². The molecular formula is C14H16N2O4S2. The van der Waals surface area contributed by atoms with Crippen molar-refractivity contribution in [2.75, 3.05) is 26.2 Å². The SMILES string of the molecule is O=C(c1ccco1)N1CCCN(S(=O)(=O)c2cccs2)CC1. The second-order valence-corrected chi connectivity index (χ2v) is 8.07. The molecule has 0 saturated carbocycles. The van der Waals surface area contributed by atoms with Crippen molar-refractivity contribution in [3.8, 4) is 0 Å². The molecule has 0 bridgehead atoms. The summed E-state index contributed by atoms with van der Waals surface area (Å²) < 4.78 is 32.0. The van der Waals surface area contributed by atoms with E-state index in [-0.39, 0.29) is 11.7 Å². The maximum Gasteiger partial charge on any atom is 0.289 e. The van der Waals surface area contributed by atoms with Crippen molar-refractivity contribution < 1.29 is 17.6 Å². The molecule has 22 heavy (non-hydrogen) atoms. The average Bonchev–Trinajstić information content (AvgIpc) is 3.16. The Morgan fingerprint density at radius 1 is 1.14 bits per heavy atom. The number of nitrogens with zero attached hydrogens (tertiary/aromatic N) is 2. The number of furan rings is 1. The predicted octanol–water partition coefficient (Wildman–Crippen LogP) is 1.88. The lowest BCUT2D eigenvalue weighted by molar-refractivity contribution is 0.0732. The first-order valence-electron chi connectivity index (χ1n) is 6.95. The van der Waals surface area contributed by atoms with Gasteiger partial charge in [-0.25, -0.2) is 8.42 Å². The second kappa shape index (κ2) is 6.23. The Balaban J connectivity index is 1.72. The van der Waals surface area contributed by atoms with Gasteiger partial charge in [0, 0.05) is 26.2 Å². The van der Waals surface area contributed by atoms with Crippen LogP contribution in [0.25, 0.3) is 0 Å². The number of amides is 1. The molecule has 0 spiro atoms. The summed E-state index contributed by atoms with van der Waals surface area (Å²) in [5.74, 6) is 0.0925. The molecule has 1 fully saturated rings. The largest absolute Gasteiger partial charge is 0.459 e. The average molecular weight is 340 g/mol. The third kappa shape index (κ3) is 2.94. The predicted molar refractivity (Wildman–Crippen MR) is 82.3 cm³/mol. The van der Waals surface area contributed by atoms with E-state index in [0.717, 1.165) is 0 Å².